The minimum Gasteiger partial charge on any atom is -0.393 e. The SMILES string of the molecule is OC1CCC2CN(Cc3ccc(F)c4cccnc34)CC12. The molecule has 1 N–H and O–H groups in total. The lowest BCUT2D eigenvalue weighted by Gasteiger charge is -2.18. The van der Waals surface area contributed by atoms with Gasteiger partial charge >= 0.3 is 0 Å². The Balaban J connectivity index is 1.60. The van der Waals surface area contributed by atoms with Crippen LogP contribution < -0.4 is 0 Å². The molecule has 4 rings (SSSR count). The van der Waals surface area contributed by atoms with E-state index in [9.17, 15) is 9.50 Å². The Morgan fingerprint density at radius 3 is 3.00 bits per heavy atom. The number of fused-ring (bicyclic) bond motifs is 2. The molecule has 1 aromatic carbocycles. The first-order chi connectivity index (χ1) is 10.2. The molecule has 1 aliphatic carbocycles. The molecule has 3 unspecified atom stereocenters. The van der Waals surface area contributed by atoms with Crippen LogP contribution in [0.15, 0.2) is 30.5 Å². The lowest BCUT2D eigenvalue weighted by molar-refractivity contribution is 0.123. The van der Waals surface area contributed by atoms with E-state index < -0.39 is 0 Å². The molecule has 2 aromatic rings. The summed E-state index contributed by atoms with van der Waals surface area (Å²) in [5, 5.41) is 10.6. The van der Waals surface area contributed by atoms with Gasteiger partial charge in [0.2, 0.25) is 0 Å². The second-order valence-electron chi connectivity index (χ2n) is 6.37. The van der Waals surface area contributed by atoms with E-state index in [1.54, 1.807) is 18.3 Å². The molecule has 1 aliphatic heterocycles. The normalized spacial score (nSPS) is 29.1. The molecule has 2 fully saturated rings. The van der Waals surface area contributed by atoms with Crippen molar-refractivity contribution in [1.29, 1.82) is 0 Å². The molecule has 0 radical (unpaired) electrons. The standard InChI is InChI=1S/C17H19FN2O/c18-15-5-3-12(17-13(15)2-1-7-19-17)9-20-8-11-4-6-16(21)14(11)10-20/h1-3,5,7,11,14,16,21H,4,6,8-10H2. The Morgan fingerprint density at radius 2 is 2.14 bits per heavy atom. The number of hydrogen-bond donors (Lipinski definition) is 1. The quantitative estimate of drug-likeness (QED) is 0.922. The summed E-state index contributed by atoms with van der Waals surface area (Å²) < 4.78 is 13.8. The summed E-state index contributed by atoms with van der Waals surface area (Å²) in [4.78, 5) is 6.73. The maximum Gasteiger partial charge on any atom is 0.132 e. The topological polar surface area (TPSA) is 36.4 Å². The highest BCUT2D eigenvalue weighted by atomic mass is 19.1. The Morgan fingerprint density at radius 1 is 1.24 bits per heavy atom. The van der Waals surface area contributed by atoms with Crippen LogP contribution in [0.1, 0.15) is 18.4 Å². The summed E-state index contributed by atoms with van der Waals surface area (Å²) in [6.07, 6.45) is 3.66. The zero-order valence-corrected chi connectivity index (χ0v) is 11.9. The summed E-state index contributed by atoms with van der Waals surface area (Å²) in [6.45, 7) is 2.76. The maximum absolute atomic E-state index is 13.8. The third kappa shape index (κ3) is 2.23. The lowest BCUT2D eigenvalue weighted by Crippen LogP contribution is -2.24. The van der Waals surface area contributed by atoms with Gasteiger partial charge in [0.25, 0.3) is 0 Å². The molecule has 3 atom stereocenters. The molecule has 2 heterocycles. The van der Waals surface area contributed by atoms with E-state index in [4.69, 9.17) is 0 Å². The van der Waals surface area contributed by atoms with Crippen LogP contribution in [0.3, 0.4) is 0 Å². The number of aliphatic hydroxyl groups is 1. The molecule has 3 nitrogen and oxygen atoms in total. The van der Waals surface area contributed by atoms with Crippen LogP contribution in [-0.4, -0.2) is 34.2 Å². The van der Waals surface area contributed by atoms with Crippen molar-refractivity contribution in [2.45, 2.75) is 25.5 Å². The van der Waals surface area contributed by atoms with Gasteiger partial charge in [0.05, 0.1) is 11.6 Å². The number of rotatable bonds is 2. The van der Waals surface area contributed by atoms with Gasteiger partial charge in [-0.05, 0) is 42.5 Å². The zero-order valence-electron chi connectivity index (χ0n) is 11.9. The molecule has 0 amide bonds. The van der Waals surface area contributed by atoms with Gasteiger partial charge in [0.15, 0.2) is 0 Å². The van der Waals surface area contributed by atoms with Crippen molar-refractivity contribution in [1.82, 2.24) is 9.88 Å². The van der Waals surface area contributed by atoms with Crippen LogP contribution in [0.25, 0.3) is 10.9 Å². The Bertz CT molecular complexity index is 675. The third-order valence-electron chi connectivity index (χ3n) is 5.09. The highest BCUT2D eigenvalue weighted by Gasteiger charge is 2.41. The fourth-order valence-corrected chi connectivity index (χ4v) is 4.02. The summed E-state index contributed by atoms with van der Waals surface area (Å²) in [5.41, 5.74) is 1.83. The Hall–Kier alpha value is -1.52. The molecule has 4 heteroatoms. The van der Waals surface area contributed by atoms with Crippen LogP contribution in [-0.2, 0) is 6.54 Å². The average molecular weight is 286 g/mol. The van der Waals surface area contributed by atoms with E-state index in [2.05, 4.69) is 9.88 Å². The molecule has 0 bridgehead atoms. The second-order valence-corrected chi connectivity index (χ2v) is 6.37. The highest BCUT2D eigenvalue weighted by Crippen LogP contribution is 2.38. The number of nitrogens with zero attached hydrogens (tertiary/aromatic N) is 2. The molecule has 1 saturated carbocycles. The van der Waals surface area contributed by atoms with Crippen LogP contribution in [0, 0.1) is 17.7 Å². The van der Waals surface area contributed by atoms with Crippen molar-refractivity contribution < 1.29 is 9.50 Å². The zero-order chi connectivity index (χ0) is 14.4. The number of benzene rings is 1. The molecular formula is C17H19FN2O. The van der Waals surface area contributed by atoms with Gasteiger partial charge in [-0.1, -0.05) is 6.07 Å². The van der Waals surface area contributed by atoms with Crippen LogP contribution in [0.4, 0.5) is 4.39 Å². The van der Waals surface area contributed by atoms with Gasteiger partial charge in [-0.15, -0.1) is 0 Å². The molecule has 1 saturated heterocycles. The molecular weight excluding hydrogens is 267 g/mol. The van der Waals surface area contributed by atoms with E-state index in [0.29, 0.717) is 17.2 Å². The average Bonchev–Trinajstić information content (AvgIpc) is 3.05. The third-order valence-corrected chi connectivity index (χ3v) is 5.09. The first-order valence-electron chi connectivity index (χ1n) is 7.65. The van der Waals surface area contributed by atoms with E-state index in [0.717, 1.165) is 43.6 Å². The van der Waals surface area contributed by atoms with Gasteiger partial charge < -0.3 is 5.11 Å². The van der Waals surface area contributed by atoms with Gasteiger partial charge in [-0.2, -0.15) is 0 Å². The lowest BCUT2D eigenvalue weighted by atomic mass is 10.00. The molecule has 1 aromatic heterocycles. The number of aliphatic hydroxyl groups excluding tert-OH is 1. The van der Waals surface area contributed by atoms with Crippen molar-refractivity contribution >= 4 is 10.9 Å². The first kappa shape index (κ1) is 13.2. The minimum atomic E-state index is -0.212. The molecule has 110 valence electrons. The summed E-state index contributed by atoms with van der Waals surface area (Å²) in [7, 11) is 0. The summed E-state index contributed by atoms with van der Waals surface area (Å²) in [5.74, 6) is 0.833. The second kappa shape index (κ2) is 5.04. The fraction of sp³-hybridized carbons (Fsp3) is 0.471. The number of aromatic nitrogens is 1. The molecule has 2 aliphatic rings. The highest BCUT2D eigenvalue weighted by molar-refractivity contribution is 5.82. The van der Waals surface area contributed by atoms with E-state index in [-0.39, 0.29) is 11.9 Å². The smallest absolute Gasteiger partial charge is 0.132 e. The Kier molecular flexibility index (Phi) is 3.16. The number of pyridine rings is 1. The fourth-order valence-electron chi connectivity index (χ4n) is 4.02. The largest absolute Gasteiger partial charge is 0.393 e. The number of hydrogen-bond acceptors (Lipinski definition) is 3. The molecule has 21 heavy (non-hydrogen) atoms. The van der Waals surface area contributed by atoms with E-state index in [1.165, 1.54) is 6.07 Å². The minimum absolute atomic E-state index is 0.136. The molecule has 0 spiro atoms. The van der Waals surface area contributed by atoms with Crippen molar-refractivity contribution in [3.8, 4) is 0 Å². The van der Waals surface area contributed by atoms with Gasteiger partial charge in [0.1, 0.15) is 5.82 Å². The number of halogens is 1. The van der Waals surface area contributed by atoms with Crippen molar-refractivity contribution in [2.24, 2.45) is 11.8 Å². The summed E-state index contributed by atoms with van der Waals surface area (Å²) in [6, 6.07) is 6.93. The van der Waals surface area contributed by atoms with Crippen LogP contribution in [0.2, 0.25) is 0 Å². The van der Waals surface area contributed by atoms with Crippen molar-refractivity contribution in [3.05, 3.63) is 41.8 Å². The van der Waals surface area contributed by atoms with Crippen LogP contribution >= 0.6 is 0 Å². The predicted molar refractivity (Wildman–Crippen MR) is 79.2 cm³/mol. The van der Waals surface area contributed by atoms with E-state index >= 15 is 0 Å². The van der Waals surface area contributed by atoms with Gasteiger partial charge in [-0.25, -0.2) is 4.39 Å². The van der Waals surface area contributed by atoms with Gasteiger partial charge in [-0.3, -0.25) is 9.88 Å². The van der Waals surface area contributed by atoms with E-state index in [1.807, 2.05) is 6.07 Å². The van der Waals surface area contributed by atoms with Gasteiger partial charge in [0, 0.05) is 37.1 Å². The van der Waals surface area contributed by atoms with Crippen molar-refractivity contribution in [3.63, 3.8) is 0 Å². The predicted octanol–water partition coefficient (Wildman–Crippen LogP) is 2.58. The maximum atomic E-state index is 13.8. The Labute approximate surface area is 123 Å². The number of likely N-dealkylation sites (tertiary alicyclic amines) is 1. The van der Waals surface area contributed by atoms with Crippen molar-refractivity contribution in [2.75, 3.05) is 13.1 Å². The van der Waals surface area contributed by atoms with Crippen LogP contribution in [0.5, 0.6) is 0 Å². The monoisotopic (exact) mass is 286 g/mol. The first-order valence-corrected chi connectivity index (χ1v) is 7.65. The summed E-state index contributed by atoms with van der Waals surface area (Å²) >= 11 is 0.